The molecule has 1 aromatic carbocycles. The van der Waals surface area contributed by atoms with Crippen LogP contribution in [0.1, 0.15) is 49.4 Å². The van der Waals surface area contributed by atoms with Crippen LogP contribution in [0.15, 0.2) is 18.2 Å². The maximum atomic E-state index is 12.5. The summed E-state index contributed by atoms with van der Waals surface area (Å²) in [6.07, 6.45) is 5.70. The van der Waals surface area contributed by atoms with Crippen molar-refractivity contribution in [2.45, 2.75) is 51.1 Å². The van der Waals surface area contributed by atoms with Crippen LogP contribution < -0.4 is 16.4 Å². The van der Waals surface area contributed by atoms with E-state index in [9.17, 15) is 9.59 Å². The van der Waals surface area contributed by atoms with Gasteiger partial charge >= 0.3 is 0 Å². The molecule has 1 aliphatic carbocycles. The molecule has 1 aromatic heterocycles. The first kappa shape index (κ1) is 17.4. The minimum absolute atomic E-state index is 0.0591. The SMILES string of the molecule is CC(N)C(=O)Nc1nn(C)c2cc(C(=O)NC3CCCCC3)ccc12. The summed E-state index contributed by atoms with van der Waals surface area (Å²) in [6, 6.07) is 5.04. The van der Waals surface area contributed by atoms with Gasteiger partial charge < -0.3 is 16.4 Å². The number of carbonyl (C=O) groups is 2. The molecule has 1 fully saturated rings. The molecule has 1 aliphatic rings. The van der Waals surface area contributed by atoms with Crippen LogP contribution in [-0.4, -0.2) is 33.7 Å². The summed E-state index contributed by atoms with van der Waals surface area (Å²) in [5.74, 6) is 0.106. The highest BCUT2D eigenvalue weighted by Crippen LogP contribution is 2.24. The van der Waals surface area contributed by atoms with Crippen LogP contribution in [0, 0.1) is 0 Å². The lowest BCUT2D eigenvalue weighted by Crippen LogP contribution is -2.36. The molecule has 2 aromatic rings. The molecule has 0 spiro atoms. The largest absolute Gasteiger partial charge is 0.349 e. The molecule has 3 rings (SSSR count). The molecule has 0 aliphatic heterocycles. The highest BCUT2D eigenvalue weighted by Gasteiger charge is 2.19. The van der Waals surface area contributed by atoms with Gasteiger partial charge in [0.2, 0.25) is 5.91 Å². The Morgan fingerprint density at radius 1 is 1.28 bits per heavy atom. The Hall–Kier alpha value is -2.41. The molecule has 1 heterocycles. The molecule has 25 heavy (non-hydrogen) atoms. The van der Waals surface area contributed by atoms with E-state index in [1.807, 2.05) is 12.1 Å². The molecule has 4 N–H and O–H groups in total. The Balaban J connectivity index is 1.81. The highest BCUT2D eigenvalue weighted by molar-refractivity contribution is 6.04. The molecule has 0 saturated heterocycles. The van der Waals surface area contributed by atoms with Crippen molar-refractivity contribution in [1.82, 2.24) is 15.1 Å². The van der Waals surface area contributed by atoms with Gasteiger partial charge in [-0.1, -0.05) is 19.3 Å². The molecular formula is C18H25N5O2. The fourth-order valence-corrected chi connectivity index (χ4v) is 3.24. The normalized spacial score (nSPS) is 16.6. The standard InChI is InChI=1S/C18H25N5O2/c1-11(19)17(24)21-16-14-9-8-12(10-15(14)23(2)22-16)18(25)20-13-6-4-3-5-7-13/h8-11,13H,3-7,19H2,1-2H3,(H,20,25)(H,21,22,24). The van der Waals surface area contributed by atoms with Crippen molar-refractivity contribution in [2.24, 2.45) is 12.8 Å². The van der Waals surface area contributed by atoms with Gasteiger partial charge in [-0.25, -0.2) is 0 Å². The number of aryl methyl sites for hydroxylation is 1. The number of nitrogens with zero attached hydrogens (tertiary/aromatic N) is 2. The van der Waals surface area contributed by atoms with Crippen LogP contribution in [0.2, 0.25) is 0 Å². The van der Waals surface area contributed by atoms with Gasteiger partial charge in [0.1, 0.15) is 0 Å². The average Bonchev–Trinajstić information content (AvgIpc) is 2.91. The summed E-state index contributed by atoms with van der Waals surface area (Å²) in [4.78, 5) is 24.3. The molecule has 1 unspecified atom stereocenters. The smallest absolute Gasteiger partial charge is 0.251 e. The van der Waals surface area contributed by atoms with Crippen LogP contribution in [0.3, 0.4) is 0 Å². The minimum atomic E-state index is -0.613. The van der Waals surface area contributed by atoms with Crippen LogP contribution >= 0.6 is 0 Å². The summed E-state index contributed by atoms with van der Waals surface area (Å²) >= 11 is 0. The van der Waals surface area contributed by atoms with E-state index in [1.165, 1.54) is 19.3 Å². The van der Waals surface area contributed by atoms with Crippen molar-refractivity contribution >= 4 is 28.5 Å². The van der Waals surface area contributed by atoms with Gasteiger partial charge in [0, 0.05) is 24.0 Å². The first-order chi connectivity index (χ1) is 12.0. The van der Waals surface area contributed by atoms with Gasteiger partial charge in [0.05, 0.1) is 11.6 Å². The number of anilines is 1. The number of aromatic nitrogens is 2. The quantitative estimate of drug-likeness (QED) is 0.789. The van der Waals surface area contributed by atoms with Crippen LogP contribution in [0.25, 0.3) is 10.9 Å². The Bertz CT molecular complexity index is 790. The lowest BCUT2D eigenvalue weighted by Gasteiger charge is -2.22. The fraction of sp³-hybridized carbons (Fsp3) is 0.500. The maximum absolute atomic E-state index is 12.5. The third-order valence-corrected chi connectivity index (χ3v) is 4.71. The Labute approximate surface area is 146 Å². The minimum Gasteiger partial charge on any atom is -0.349 e. The van der Waals surface area contributed by atoms with Crippen molar-refractivity contribution in [3.05, 3.63) is 23.8 Å². The Morgan fingerprint density at radius 2 is 2.00 bits per heavy atom. The summed E-state index contributed by atoms with van der Waals surface area (Å²) in [7, 11) is 1.78. The number of fused-ring (bicyclic) bond motifs is 1. The summed E-state index contributed by atoms with van der Waals surface area (Å²) in [6.45, 7) is 1.62. The monoisotopic (exact) mass is 343 g/mol. The lowest BCUT2D eigenvalue weighted by atomic mass is 9.95. The van der Waals surface area contributed by atoms with Crippen LogP contribution in [0.4, 0.5) is 5.82 Å². The predicted octanol–water partition coefficient (Wildman–Crippen LogP) is 1.92. The van der Waals surface area contributed by atoms with Gasteiger partial charge in [0.25, 0.3) is 5.91 Å². The number of amides is 2. The third-order valence-electron chi connectivity index (χ3n) is 4.71. The number of hydrogen-bond acceptors (Lipinski definition) is 4. The zero-order valence-electron chi connectivity index (χ0n) is 14.7. The second-order valence-electron chi connectivity index (χ2n) is 6.79. The number of benzene rings is 1. The maximum Gasteiger partial charge on any atom is 0.251 e. The van der Waals surface area contributed by atoms with Gasteiger partial charge in [-0.3, -0.25) is 14.3 Å². The van der Waals surface area contributed by atoms with Crippen LogP contribution in [-0.2, 0) is 11.8 Å². The number of rotatable bonds is 4. The molecule has 1 saturated carbocycles. The highest BCUT2D eigenvalue weighted by atomic mass is 16.2. The topological polar surface area (TPSA) is 102 Å². The predicted molar refractivity (Wildman–Crippen MR) is 97.3 cm³/mol. The molecule has 2 amide bonds. The Kier molecular flexibility index (Phi) is 5.03. The van der Waals surface area contributed by atoms with E-state index in [4.69, 9.17) is 5.73 Å². The average molecular weight is 343 g/mol. The molecule has 0 radical (unpaired) electrons. The second kappa shape index (κ2) is 7.23. The fourth-order valence-electron chi connectivity index (χ4n) is 3.24. The van der Waals surface area contributed by atoms with Crippen molar-refractivity contribution in [1.29, 1.82) is 0 Å². The summed E-state index contributed by atoms with van der Waals surface area (Å²) in [5.41, 5.74) is 6.98. The van der Waals surface area contributed by atoms with E-state index in [-0.39, 0.29) is 17.9 Å². The number of carbonyl (C=O) groups excluding carboxylic acids is 2. The van der Waals surface area contributed by atoms with E-state index >= 15 is 0 Å². The summed E-state index contributed by atoms with van der Waals surface area (Å²) in [5, 5.41) is 11.0. The molecule has 0 bridgehead atoms. The Morgan fingerprint density at radius 3 is 2.68 bits per heavy atom. The van der Waals surface area contributed by atoms with Gasteiger partial charge in [-0.05, 0) is 38.0 Å². The lowest BCUT2D eigenvalue weighted by molar-refractivity contribution is -0.117. The van der Waals surface area contributed by atoms with Crippen molar-refractivity contribution < 1.29 is 9.59 Å². The zero-order chi connectivity index (χ0) is 18.0. The number of hydrogen-bond donors (Lipinski definition) is 3. The summed E-state index contributed by atoms with van der Waals surface area (Å²) < 4.78 is 1.66. The second-order valence-corrected chi connectivity index (χ2v) is 6.79. The van der Waals surface area contributed by atoms with Crippen molar-refractivity contribution in [3.8, 4) is 0 Å². The van der Waals surface area contributed by atoms with Gasteiger partial charge in [0.15, 0.2) is 5.82 Å². The molecule has 1 atom stereocenters. The van der Waals surface area contributed by atoms with Crippen molar-refractivity contribution in [2.75, 3.05) is 5.32 Å². The molecular weight excluding hydrogens is 318 g/mol. The third kappa shape index (κ3) is 3.82. The van der Waals surface area contributed by atoms with E-state index in [2.05, 4.69) is 15.7 Å². The molecule has 7 nitrogen and oxygen atoms in total. The molecule has 7 heteroatoms. The van der Waals surface area contributed by atoms with E-state index in [0.717, 1.165) is 23.7 Å². The zero-order valence-corrected chi connectivity index (χ0v) is 14.7. The van der Waals surface area contributed by atoms with E-state index in [1.54, 1.807) is 24.7 Å². The van der Waals surface area contributed by atoms with Gasteiger partial charge in [-0.15, -0.1) is 0 Å². The van der Waals surface area contributed by atoms with E-state index in [0.29, 0.717) is 11.4 Å². The number of nitrogens with one attached hydrogen (secondary N) is 2. The van der Waals surface area contributed by atoms with Crippen LogP contribution in [0.5, 0.6) is 0 Å². The number of nitrogens with two attached hydrogens (primary N) is 1. The van der Waals surface area contributed by atoms with Crippen molar-refractivity contribution in [3.63, 3.8) is 0 Å². The first-order valence-electron chi connectivity index (χ1n) is 8.80. The van der Waals surface area contributed by atoms with E-state index < -0.39 is 6.04 Å². The van der Waals surface area contributed by atoms with Gasteiger partial charge in [-0.2, -0.15) is 5.10 Å². The molecule has 134 valence electrons. The first-order valence-corrected chi connectivity index (χ1v) is 8.80.